The monoisotopic (exact) mass is 306 g/mol. The number of anilines is 1. The molecule has 0 aliphatic rings. The number of nitrogens with one attached hydrogen (secondary N) is 1. The van der Waals surface area contributed by atoms with Gasteiger partial charge < -0.3 is 4.42 Å². The largest absolute Gasteiger partial charge is 0.441 e. The number of fused-ring (bicyclic) bond motifs is 1. The standard InChI is InChI=1S/C14H11FN2O3S/c1-9-16-13-8-10(6-7-14(13)20-9)21(18,19)17-12-5-3-2-4-11(12)15/h2-8,17H,1H3. The van der Waals surface area contributed by atoms with Crippen molar-refractivity contribution in [3.05, 3.63) is 54.2 Å². The molecule has 0 amide bonds. The Bertz CT molecular complexity index is 919. The predicted molar refractivity (Wildman–Crippen MR) is 76.0 cm³/mol. The van der Waals surface area contributed by atoms with Crippen molar-refractivity contribution >= 4 is 26.8 Å². The van der Waals surface area contributed by atoms with E-state index < -0.39 is 15.8 Å². The highest BCUT2D eigenvalue weighted by molar-refractivity contribution is 7.92. The van der Waals surface area contributed by atoms with Crippen LogP contribution in [0.2, 0.25) is 0 Å². The summed E-state index contributed by atoms with van der Waals surface area (Å²) in [6, 6.07) is 9.85. The lowest BCUT2D eigenvalue weighted by Crippen LogP contribution is -2.13. The zero-order valence-electron chi connectivity index (χ0n) is 11.0. The molecule has 0 bridgehead atoms. The molecule has 2 aromatic carbocycles. The Morgan fingerprint density at radius 2 is 1.95 bits per heavy atom. The fourth-order valence-corrected chi connectivity index (χ4v) is 3.02. The van der Waals surface area contributed by atoms with Crippen molar-refractivity contribution in [2.45, 2.75) is 11.8 Å². The van der Waals surface area contributed by atoms with Gasteiger partial charge in [0.2, 0.25) is 0 Å². The van der Waals surface area contributed by atoms with Crippen molar-refractivity contribution in [3.63, 3.8) is 0 Å². The lowest BCUT2D eigenvalue weighted by molar-refractivity contribution is 0.561. The molecule has 5 nitrogen and oxygen atoms in total. The lowest BCUT2D eigenvalue weighted by Gasteiger charge is -2.08. The van der Waals surface area contributed by atoms with Gasteiger partial charge in [-0.15, -0.1) is 0 Å². The Kier molecular flexibility index (Phi) is 3.13. The Morgan fingerprint density at radius 3 is 2.71 bits per heavy atom. The van der Waals surface area contributed by atoms with Gasteiger partial charge in [-0.05, 0) is 30.3 Å². The van der Waals surface area contributed by atoms with Gasteiger partial charge in [0.15, 0.2) is 11.5 Å². The number of hydrogen-bond donors (Lipinski definition) is 1. The Morgan fingerprint density at radius 1 is 1.19 bits per heavy atom. The Balaban J connectivity index is 2.01. The minimum atomic E-state index is -3.89. The molecule has 0 saturated heterocycles. The first-order chi connectivity index (χ1) is 9.95. The Hall–Kier alpha value is -2.41. The summed E-state index contributed by atoms with van der Waals surface area (Å²) in [5.74, 6) is -0.193. The molecular formula is C14H11FN2O3S. The van der Waals surface area contributed by atoms with Crippen LogP contribution < -0.4 is 4.72 Å². The number of nitrogens with zero attached hydrogens (tertiary/aromatic N) is 1. The fourth-order valence-electron chi connectivity index (χ4n) is 1.94. The quantitative estimate of drug-likeness (QED) is 0.807. The number of halogens is 1. The topological polar surface area (TPSA) is 72.2 Å². The number of sulfonamides is 1. The summed E-state index contributed by atoms with van der Waals surface area (Å²) in [5.41, 5.74) is 0.829. The normalized spacial score (nSPS) is 11.7. The highest BCUT2D eigenvalue weighted by Crippen LogP contribution is 2.22. The summed E-state index contributed by atoms with van der Waals surface area (Å²) in [6.07, 6.45) is 0. The molecule has 0 fully saturated rings. The number of benzene rings is 2. The molecule has 0 saturated carbocycles. The van der Waals surface area contributed by atoms with E-state index in [9.17, 15) is 12.8 Å². The first-order valence-electron chi connectivity index (χ1n) is 6.10. The molecule has 1 N–H and O–H groups in total. The molecule has 0 spiro atoms. The van der Waals surface area contributed by atoms with Gasteiger partial charge in [0, 0.05) is 6.92 Å². The van der Waals surface area contributed by atoms with Gasteiger partial charge in [0.25, 0.3) is 10.0 Å². The smallest absolute Gasteiger partial charge is 0.262 e. The zero-order valence-corrected chi connectivity index (χ0v) is 11.8. The molecular weight excluding hydrogens is 295 g/mol. The predicted octanol–water partition coefficient (Wildman–Crippen LogP) is 3.08. The molecule has 3 rings (SSSR count). The summed E-state index contributed by atoms with van der Waals surface area (Å²) in [6.45, 7) is 1.67. The number of aryl methyl sites for hydroxylation is 1. The second-order valence-electron chi connectivity index (χ2n) is 4.45. The van der Waals surface area contributed by atoms with Gasteiger partial charge in [-0.1, -0.05) is 12.1 Å². The molecule has 0 aliphatic carbocycles. The average molecular weight is 306 g/mol. The molecule has 0 radical (unpaired) electrons. The summed E-state index contributed by atoms with van der Waals surface area (Å²) < 4.78 is 45.6. The molecule has 1 heterocycles. The van der Waals surface area contributed by atoms with Crippen LogP contribution in [0.4, 0.5) is 10.1 Å². The summed E-state index contributed by atoms with van der Waals surface area (Å²) in [5, 5.41) is 0. The van der Waals surface area contributed by atoms with E-state index in [0.29, 0.717) is 17.0 Å². The number of oxazole rings is 1. The van der Waals surface area contributed by atoms with Gasteiger partial charge in [0.05, 0.1) is 10.6 Å². The number of rotatable bonds is 3. The minimum absolute atomic E-state index is 0.00782. The highest BCUT2D eigenvalue weighted by Gasteiger charge is 2.17. The number of aromatic nitrogens is 1. The van der Waals surface area contributed by atoms with E-state index >= 15 is 0 Å². The molecule has 3 aromatic rings. The second-order valence-corrected chi connectivity index (χ2v) is 6.13. The molecule has 0 aliphatic heterocycles. The van der Waals surface area contributed by atoms with E-state index in [1.807, 2.05) is 0 Å². The molecule has 21 heavy (non-hydrogen) atoms. The average Bonchev–Trinajstić information content (AvgIpc) is 2.80. The van der Waals surface area contributed by atoms with Crippen LogP contribution in [0, 0.1) is 12.7 Å². The minimum Gasteiger partial charge on any atom is -0.441 e. The van der Waals surface area contributed by atoms with Crippen LogP contribution in [0.1, 0.15) is 5.89 Å². The van der Waals surface area contributed by atoms with E-state index in [0.717, 1.165) is 0 Å². The molecule has 108 valence electrons. The maximum atomic E-state index is 13.5. The van der Waals surface area contributed by atoms with Crippen molar-refractivity contribution in [2.75, 3.05) is 4.72 Å². The van der Waals surface area contributed by atoms with Gasteiger partial charge >= 0.3 is 0 Å². The van der Waals surface area contributed by atoms with E-state index in [-0.39, 0.29) is 10.6 Å². The first kappa shape index (κ1) is 13.6. The maximum Gasteiger partial charge on any atom is 0.262 e. The van der Waals surface area contributed by atoms with E-state index in [1.54, 1.807) is 13.0 Å². The van der Waals surface area contributed by atoms with Gasteiger partial charge in [-0.3, -0.25) is 4.72 Å². The van der Waals surface area contributed by atoms with Crippen LogP contribution in [0.3, 0.4) is 0 Å². The maximum absolute atomic E-state index is 13.5. The van der Waals surface area contributed by atoms with E-state index in [1.165, 1.54) is 36.4 Å². The highest BCUT2D eigenvalue weighted by atomic mass is 32.2. The van der Waals surface area contributed by atoms with E-state index in [2.05, 4.69) is 9.71 Å². The van der Waals surface area contributed by atoms with Gasteiger partial charge in [-0.25, -0.2) is 17.8 Å². The van der Waals surface area contributed by atoms with Crippen LogP contribution >= 0.6 is 0 Å². The van der Waals surface area contributed by atoms with Crippen molar-refractivity contribution in [2.24, 2.45) is 0 Å². The summed E-state index contributed by atoms with van der Waals surface area (Å²) in [4.78, 5) is 4.07. The summed E-state index contributed by atoms with van der Waals surface area (Å²) in [7, 11) is -3.89. The third-order valence-electron chi connectivity index (χ3n) is 2.89. The lowest BCUT2D eigenvalue weighted by atomic mass is 10.3. The van der Waals surface area contributed by atoms with Crippen molar-refractivity contribution < 1.29 is 17.2 Å². The summed E-state index contributed by atoms with van der Waals surface area (Å²) >= 11 is 0. The fraction of sp³-hybridized carbons (Fsp3) is 0.0714. The van der Waals surface area contributed by atoms with Crippen molar-refractivity contribution in [3.8, 4) is 0 Å². The van der Waals surface area contributed by atoms with E-state index in [4.69, 9.17) is 4.42 Å². The number of para-hydroxylation sites is 1. The van der Waals surface area contributed by atoms with Crippen molar-refractivity contribution in [1.82, 2.24) is 4.98 Å². The van der Waals surface area contributed by atoms with Crippen LogP contribution in [-0.4, -0.2) is 13.4 Å². The third-order valence-corrected chi connectivity index (χ3v) is 4.26. The van der Waals surface area contributed by atoms with Crippen LogP contribution in [-0.2, 0) is 10.0 Å². The molecule has 0 atom stereocenters. The third kappa shape index (κ3) is 2.59. The van der Waals surface area contributed by atoms with Crippen LogP contribution in [0.5, 0.6) is 0 Å². The Labute approximate surface area is 120 Å². The second kappa shape index (κ2) is 4.85. The molecule has 7 heteroatoms. The van der Waals surface area contributed by atoms with Crippen LogP contribution in [0.25, 0.3) is 11.1 Å². The van der Waals surface area contributed by atoms with Gasteiger partial charge in [0.1, 0.15) is 11.3 Å². The van der Waals surface area contributed by atoms with Gasteiger partial charge in [-0.2, -0.15) is 0 Å². The molecule has 1 aromatic heterocycles. The molecule has 0 unspecified atom stereocenters. The van der Waals surface area contributed by atoms with Crippen LogP contribution in [0.15, 0.2) is 51.8 Å². The first-order valence-corrected chi connectivity index (χ1v) is 7.58. The SMILES string of the molecule is Cc1nc2cc(S(=O)(=O)Nc3ccccc3F)ccc2o1. The van der Waals surface area contributed by atoms with Crippen molar-refractivity contribution in [1.29, 1.82) is 0 Å². The zero-order chi connectivity index (χ0) is 15.0. The number of hydrogen-bond acceptors (Lipinski definition) is 4.